The summed E-state index contributed by atoms with van der Waals surface area (Å²) >= 11 is 0. The highest BCUT2D eigenvalue weighted by atomic mass is 32.2. The van der Waals surface area contributed by atoms with E-state index in [0.717, 1.165) is 5.56 Å². The monoisotopic (exact) mass is 171 g/mol. The normalized spacial score (nSPS) is 12.9. The first kappa shape index (κ1) is 8.20. The molecular weight excluding hydrogens is 162 g/mol. The quantitative estimate of drug-likeness (QED) is 0.665. The summed E-state index contributed by atoms with van der Waals surface area (Å²) in [5.41, 5.74) is 0.645. The van der Waals surface area contributed by atoms with Crippen molar-refractivity contribution in [3.63, 3.8) is 0 Å². The molecule has 0 radical (unpaired) electrons. The van der Waals surface area contributed by atoms with Crippen LogP contribution in [0.1, 0.15) is 5.56 Å². The van der Waals surface area contributed by atoms with Gasteiger partial charge >= 0.3 is 0 Å². The second kappa shape index (κ2) is 3.00. The molecule has 60 valence electrons. The molecule has 0 aliphatic rings. The van der Waals surface area contributed by atoms with E-state index >= 15 is 0 Å². The fourth-order valence-corrected chi connectivity index (χ4v) is 1.59. The smallest absolute Gasteiger partial charge is 0.248 e. The minimum absolute atomic E-state index is 0.208. The molecule has 0 saturated heterocycles. The molecule has 3 nitrogen and oxygen atoms in total. The Labute approximate surface area is 66.9 Å². The molecule has 0 amide bonds. The van der Waals surface area contributed by atoms with Crippen molar-refractivity contribution in [2.24, 2.45) is 0 Å². The predicted molar refractivity (Wildman–Crippen MR) is 44.1 cm³/mol. The first-order valence-corrected chi connectivity index (χ1v) is 4.70. The molecule has 1 aromatic rings. The molecule has 0 aliphatic carbocycles. The zero-order valence-corrected chi connectivity index (χ0v) is 7.20. The van der Waals surface area contributed by atoms with Crippen LogP contribution in [0.2, 0.25) is 0 Å². The molecule has 0 spiro atoms. The number of nitrogens with one attached hydrogen (secondary N) is 1. The van der Waals surface area contributed by atoms with Gasteiger partial charge in [-0.3, -0.25) is 9.00 Å². The van der Waals surface area contributed by atoms with Crippen LogP contribution >= 0.6 is 0 Å². The second-order valence-corrected chi connectivity index (χ2v) is 3.61. The molecule has 1 heterocycles. The van der Waals surface area contributed by atoms with Gasteiger partial charge in [0.2, 0.25) is 5.56 Å². The maximum absolute atomic E-state index is 11.0. The van der Waals surface area contributed by atoms with E-state index in [1.165, 1.54) is 12.3 Å². The van der Waals surface area contributed by atoms with E-state index in [0.29, 0.717) is 5.03 Å². The zero-order chi connectivity index (χ0) is 8.43. The average molecular weight is 171 g/mol. The fraction of sp³-hybridized carbons (Fsp3) is 0.286. The molecule has 1 unspecified atom stereocenters. The third-order valence-electron chi connectivity index (χ3n) is 1.37. The summed E-state index contributed by atoms with van der Waals surface area (Å²) < 4.78 is 11.0. The number of rotatable bonds is 1. The topological polar surface area (TPSA) is 49.9 Å². The number of pyridine rings is 1. The van der Waals surface area contributed by atoms with E-state index in [9.17, 15) is 9.00 Å². The number of aryl methyl sites for hydroxylation is 1. The third-order valence-corrected chi connectivity index (χ3v) is 2.37. The lowest BCUT2D eigenvalue weighted by Gasteiger charge is -1.98. The molecule has 0 aromatic carbocycles. The lowest BCUT2D eigenvalue weighted by Crippen LogP contribution is -2.09. The second-order valence-electron chi connectivity index (χ2n) is 2.29. The van der Waals surface area contributed by atoms with Crippen LogP contribution in [-0.4, -0.2) is 15.4 Å². The maximum Gasteiger partial charge on any atom is 0.248 e. The molecule has 11 heavy (non-hydrogen) atoms. The van der Waals surface area contributed by atoms with Gasteiger partial charge in [-0.15, -0.1) is 0 Å². The standard InChI is InChI=1S/C7H9NO2S/c1-5-3-4-6(9)8-7(5)11(2)10/h3-4H,1-2H3,(H,8,9). The molecule has 4 heteroatoms. The van der Waals surface area contributed by atoms with Crippen LogP contribution < -0.4 is 5.56 Å². The number of aromatic amines is 1. The van der Waals surface area contributed by atoms with E-state index in [1.807, 2.05) is 6.92 Å². The highest BCUT2D eigenvalue weighted by Gasteiger charge is 2.01. The van der Waals surface area contributed by atoms with Crippen LogP contribution in [0, 0.1) is 6.92 Å². The van der Waals surface area contributed by atoms with Crippen LogP contribution in [0.4, 0.5) is 0 Å². The van der Waals surface area contributed by atoms with Crippen LogP contribution in [0.25, 0.3) is 0 Å². The maximum atomic E-state index is 11.0. The number of hydrogen-bond donors (Lipinski definition) is 1. The van der Waals surface area contributed by atoms with Crippen LogP contribution in [0.15, 0.2) is 22.0 Å². The first-order chi connectivity index (χ1) is 5.11. The first-order valence-electron chi connectivity index (χ1n) is 3.14. The van der Waals surface area contributed by atoms with Gasteiger partial charge in [0.15, 0.2) is 0 Å². The van der Waals surface area contributed by atoms with Gasteiger partial charge < -0.3 is 4.98 Å². The third kappa shape index (κ3) is 1.77. The Kier molecular flexibility index (Phi) is 2.24. The Morgan fingerprint density at radius 2 is 2.09 bits per heavy atom. The summed E-state index contributed by atoms with van der Waals surface area (Å²) in [6.45, 7) is 1.81. The molecule has 0 saturated carbocycles. The van der Waals surface area contributed by atoms with Crippen molar-refractivity contribution >= 4 is 10.8 Å². The lowest BCUT2D eigenvalue weighted by atomic mass is 10.3. The Balaban J connectivity index is 3.35. The largest absolute Gasteiger partial charge is 0.315 e. The summed E-state index contributed by atoms with van der Waals surface area (Å²) in [5, 5.41) is 0.512. The Hall–Kier alpha value is -0.900. The molecule has 1 atom stereocenters. The molecule has 1 N–H and O–H groups in total. The van der Waals surface area contributed by atoms with Crippen molar-refractivity contribution < 1.29 is 4.21 Å². The summed E-state index contributed by atoms with van der Waals surface area (Å²) in [6.07, 6.45) is 1.54. The van der Waals surface area contributed by atoms with E-state index in [4.69, 9.17) is 0 Å². The number of aromatic nitrogens is 1. The van der Waals surface area contributed by atoms with Crippen molar-refractivity contribution in [3.05, 3.63) is 28.0 Å². The highest BCUT2D eigenvalue weighted by Crippen LogP contribution is 2.03. The van der Waals surface area contributed by atoms with Crippen molar-refractivity contribution in [2.75, 3.05) is 6.26 Å². The van der Waals surface area contributed by atoms with Gasteiger partial charge in [-0.1, -0.05) is 6.07 Å². The minimum atomic E-state index is -1.11. The Morgan fingerprint density at radius 3 is 2.55 bits per heavy atom. The highest BCUT2D eigenvalue weighted by molar-refractivity contribution is 7.84. The fourth-order valence-electron chi connectivity index (χ4n) is 0.827. The van der Waals surface area contributed by atoms with E-state index < -0.39 is 10.8 Å². The molecule has 0 aliphatic heterocycles. The minimum Gasteiger partial charge on any atom is -0.315 e. The molecule has 0 fully saturated rings. The van der Waals surface area contributed by atoms with Gasteiger partial charge in [-0.25, -0.2) is 0 Å². The SMILES string of the molecule is Cc1ccc(=O)[nH]c1S(C)=O. The predicted octanol–water partition coefficient (Wildman–Crippen LogP) is 0.421. The van der Waals surface area contributed by atoms with Crippen molar-refractivity contribution in [1.82, 2.24) is 4.98 Å². The van der Waals surface area contributed by atoms with Crippen LogP contribution in [-0.2, 0) is 10.8 Å². The van der Waals surface area contributed by atoms with E-state index in [1.54, 1.807) is 6.07 Å². The van der Waals surface area contributed by atoms with E-state index in [-0.39, 0.29) is 5.56 Å². The molecule has 0 bridgehead atoms. The van der Waals surface area contributed by atoms with Gasteiger partial charge in [-0.05, 0) is 12.5 Å². The van der Waals surface area contributed by atoms with Gasteiger partial charge in [0, 0.05) is 12.3 Å². The number of H-pyrrole nitrogens is 1. The average Bonchev–Trinajstić information content (AvgIpc) is 1.94. The van der Waals surface area contributed by atoms with Crippen molar-refractivity contribution in [1.29, 1.82) is 0 Å². The molecular formula is C7H9NO2S. The van der Waals surface area contributed by atoms with Gasteiger partial charge in [0.25, 0.3) is 0 Å². The molecule has 1 rings (SSSR count). The zero-order valence-electron chi connectivity index (χ0n) is 6.38. The van der Waals surface area contributed by atoms with Gasteiger partial charge in [-0.2, -0.15) is 0 Å². The van der Waals surface area contributed by atoms with Crippen molar-refractivity contribution in [2.45, 2.75) is 11.9 Å². The van der Waals surface area contributed by atoms with Crippen molar-refractivity contribution in [3.8, 4) is 0 Å². The number of hydrogen-bond acceptors (Lipinski definition) is 2. The Morgan fingerprint density at radius 1 is 1.45 bits per heavy atom. The van der Waals surface area contributed by atoms with Gasteiger partial charge in [0.05, 0.1) is 10.8 Å². The van der Waals surface area contributed by atoms with Crippen LogP contribution in [0.3, 0.4) is 0 Å². The molecule has 1 aromatic heterocycles. The summed E-state index contributed by atoms with van der Waals surface area (Å²) in [5.74, 6) is 0. The van der Waals surface area contributed by atoms with Crippen LogP contribution in [0.5, 0.6) is 0 Å². The summed E-state index contributed by atoms with van der Waals surface area (Å²) in [7, 11) is -1.11. The van der Waals surface area contributed by atoms with E-state index in [2.05, 4.69) is 4.98 Å². The lowest BCUT2D eigenvalue weighted by molar-refractivity contribution is 0.683. The van der Waals surface area contributed by atoms with Gasteiger partial charge in [0.1, 0.15) is 5.03 Å². The summed E-state index contributed by atoms with van der Waals surface area (Å²) in [4.78, 5) is 13.3. The summed E-state index contributed by atoms with van der Waals surface area (Å²) in [6, 6.07) is 3.08. The Bertz CT molecular complexity index is 343.